The summed E-state index contributed by atoms with van der Waals surface area (Å²) in [5.74, 6) is 1.55. The lowest BCUT2D eigenvalue weighted by Crippen LogP contribution is -2.39. The number of rotatable bonds is 7. The van der Waals surface area contributed by atoms with Crippen LogP contribution in [0.4, 0.5) is 0 Å². The van der Waals surface area contributed by atoms with Crippen LogP contribution in [-0.4, -0.2) is 34.2 Å². The number of guanidine groups is 1. The first kappa shape index (κ1) is 20.1. The van der Waals surface area contributed by atoms with Gasteiger partial charge in [0.15, 0.2) is 5.96 Å². The molecule has 1 unspecified atom stereocenters. The first-order chi connectivity index (χ1) is 14.7. The SMILES string of the molecule is CN=C(NCc1nccn1Cc1ccccc1)NCC(O)c1cc2ccccc2s1. The number of imidazole rings is 1. The number of aromatic nitrogens is 2. The van der Waals surface area contributed by atoms with Gasteiger partial charge in [-0.05, 0) is 23.1 Å². The van der Waals surface area contributed by atoms with E-state index in [1.54, 1.807) is 24.6 Å². The third kappa shape index (κ3) is 4.87. The van der Waals surface area contributed by atoms with Gasteiger partial charge in [-0.25, -0.2) is 4.98 Å². The molecule has 0 bridgehead atoms. The van der Waals surface area contributed by atoms with Crippen molar-refractivity contribution >= 4 is 27.4 Å². The second-order valence-corrected chi connectivity index (χ2v) is 8.08. The number of benzene rings is 2. The van der Waals surface area contributed by atoms with Crippen molar-refractivity contribution in [2.24, 2.45) is 4.99 Å². The summed E-state index contributed by atoms with van der Waals surface area (Å²) in [7, 11) is 1.72. The van der Waals surface area contributed by atoms with E-state index in [1.807, 2.05) is 42.6 Å². The first-order valence-electron chi connectivity index (χ1n) is 9.88. The zero-order valence-corrected chi connectivity index (χ0v) is 17.6. The van der Waals surface area contributed by atoms with Gasteiger partial charge in [0, 0.05) is 42.1 Å². The number of nitrogens with one attached hydrogen (secondary N) is 2. The molecule has 6 nitrogen and oxygen atoms in total. The number of aliphatic hydroxyl groups excluding tert-OH is 1. The van der Waals surface area contributed by atoms with Gasteiger partial charge in [-0.2, -0.15) is 0 Å². The molecule has 0 saturated heterocycles. The number of thiophene rings is 1. The second kappa shape index (κ2) is 9.56. The van der Waals surface area contributed by atoms with Crippen molar-refractivity contribution in [2.75, 3.05) is 13.6 Å². The van der Waals surface area contributed by atoms with E-state index in [-0.39, 0.29) is 0 Å². The molecule has 0 saturated carbocycles. The third-order valence-corrected chi connectivity index (χ3v) is 6.09. The molecule has 7 heteroatoms. The van der Waals surface area contributed by atoms with Crippen LogP contribution in [0.1, 0.15) is 22.4 Å². The Kier molecular flexibility index (Phi) is 6.41. The van der Waals surface area contributed by atoms with E-state index >= 15 is 0 Å². The molecule has 4 rings (SSSR count). The van der Waals surface area contributed by atoms with Crippen LogP contribution >= 0.6 is 11.3 Å². The number of hydrogen-bond acceptors (Lipinski definition) is 4. The summed E-state index contributed by atoms with van der Waals surface area (Å²) in [6.45, 7) is 1.69. The summed E-state index contributed by atoms with van der Waals surface area (Å²) in [6.07, 6.45) is 3.19. The van der Waals surface area contributed by atoms with E-state index in [9.17, 15) is 5.11 Å². The van der Waals surface area contributed by atoms with Crippen LogP contribution < -0.4 is 10.6 Å². The maximum atomic E-state index is 10.6. The van der Waals surface area contributed by atoms with Crippen molar-refractivity contribution in [1.29, 1.82) is 0 Å². The molecule has 0 amide bonds. The molecule has 0 aliphatic carbocycles. The lowest BCUT2D eigenvalue weighted by molar-refractivity contribution is 0.184. The molecule has 0 aliphatic heterocycles. The van der Waals surface area contributed by atoms with Gasteiger partial charge in [0.25, 0.3) is 0 Å². The van der Waals surface area contributed by atoms with Crippen LogP contribution in [0.5, 0.6) is 0 Å². The Hall–Kier alpha value is -3.16. The molecule has 4 aromatic rings. The molecule has 1 atom stereocenters. The molecule has 30 heavy (non-hydrogen) atoms. The lowest BCUT2D eigenvalue weighted by atomic mass is 10.2. The van der Waals surface area contributed by atoms with E-state index in [0.29, 0.717) is 19.0 Å². The van der Waals surface area contributed by atoms with E-state index in [4.69, 9.17) is 0 Å². The monoisotopic (exact) mass is 419 g/mol. The van der Waals surface area contributed by atoms with E-state index in [0.717, 1.165) is 22.6 Å². The minimum atomic E-state index is -0.596. The maximum Gasteiger partial charge on any atom is 0.191 e. The zero-order valence-electron chi connectivity index (χ0n) is 16.8. The molecule has 3 N–H and O–H groups in total. The van der Waals surface area contributed by atoms with Crippen molar-refractivity contribution in [2.45, 2.75) is 19.2 Å². The topological polar surface area (TPSA) is 74.5 Å². The summed E-state index contributed by atoms with van der Waals surface area (Å²) in [6, 6.07) is 20.5. The smallest absolute Gasteiger partial charge is 0.191 e. The molecule has 2 heterocycles. The van der Waals surface area contributed by atoms with Crippen LogP contribution in [0, 0.1) is 0 Å². The third-order valence-electron chi connectivity index (χ3n) is 4.87. The molecule has 0 radical (unpaired) electrons. The van der Waals surface area contributed by atoms with Crippen LogP contribution in [0.25, 0.3) is 10.1 Å². The molecule has 0 fully saturated rings. The molecule has 0 aliphatic rings. The van der Waals surface area contributed by atoms with Gasteiger partial charge in [-0.3, -0.25) is 4.99 Å². The summed E-state index contributed by atoms with van der Waals surface area (Å²) in [5, 5.41) is 18.2. The molecular formula is C23H25N5OS. The fourth-order valence-corrected chi connectivity index (χ4v) is 4.33. The van der Waals surface area contributed by atoms with E-state index in [1.165, 1.54) is 10.3 Å². The summed E-state index contributed by atoms with van der Waals surface area (Å²) >= 11 is 1.62. The number of aliphatic imine (C=N–C) groups is 1. The minimum absolute atomic E-state index is 0.380. The van der Waals surface area contributed by atoms with Gasteiger partial charge in [0.2, 0.25) is 0 Å². The lowest BCUT2D eigenvalue weighted by Gasteiger charge is -2.15. The normalized spacial score (nSPS) is 12.8. The van der Waals surface area contributed by atoms with Crippen LogP contribution in [0.15, 0.2) is 78.0 Å². The summed E-state index contributed by atoms with van der Waals surface area (Å²) in [5.41, 5.74) is 1.23. The van der Waals surface area contributed by atoms with Crippen LogP contribution in [-0.2, 0) is 13.1 Å². The average Bonchev–Trinajstić information content (AvgIpc) is 3.41. The summed E-state index contributed by atoms with van der Waals surface area (Å²) in [4.78, 5) is 9.66. The van der Waals surface area contributed by atoms with Crippen molar-refractivity contribution in [1.82, 2.24) is 20.2 Å². The van der Waals surface area contributed by atoms with Crippen LogP contribution in [0.2, 0.25) is 0 Å². The van der Waals surface area contributed by atoms with Gasteiger partial charge >= 0.3 is 0 Å². The van der Waals surface area contributed by atoms with Gasteiger partial charge in [-0.1, -0.05) is 48.5 Å². The van der Waals surface area contributed by atoms with Gasteiger partial charge in [0.1, 0.15) is 11.9 Å². The largest absolute Gasteiger partial charge is 0.386 e. The maximum absolute atomic E-state index is 10.6. The van der Waals surface area contributed by atoms with E-state index < -0.39 is 6.10 Å². The quantitative estimate of drug-likeness (QED) is 0.316. The first-order valence-corrected chi connectivity index (χ1v) is 10.7. The highest BCUT2D eigenvalue weighted by atomic mass is 32.1. The standard InChI is InChI=1S/C23H25N5OS/c1-24-23(26-14-19(29)21-13-18-9-5-6-10-20(18)30-21)27-15-22-25-11-12-28(22)16-17-7-3-2-4-8-17/h2-13,19,29H,14-16H2,1H3,(H2,24,26,27). The second-order valence-electron chi connectivity index (χ2n) is 6.97. The molecule has 0 spiro atoms. The van der Waals surface area contributed by atoms with Gasteiger partial charge in [0.05, 0.1) is 6.54 Å². The Morgan fingerprint density at radius 3 is 2.73 bits per heavy atom. The Morgan fingerprint density at radius 2 is 1.93 bits per heavy atom. The summed E-state index contributed by atoms with van der Waals surface area (Å²) < 4.78 is 3.29. The Labute approximate surface area is 179 Å². The molecule has 154 valence electrons. The predicted molar refractivity (Wildman–Crippen MR) is 123 cm³/mol. The van der Waals surface area contributed by atoms with Crippen molar-refractivity contribution in [3.8, 4) is 0 Å². The predicted octanol–water partition coefficient (Wildman–Crippen LogP) is 3.54. The number of nitrogens with zero attached hydrogens (tertiary/aromatic N) is 3. The minimum Gasteiger partial charge on any atom is -0.386 e. The van der Waals surface area contributed by atoms with Gasteiger partial charge < -0.3 is 20.3 Å². The molecular weight excluding hydrogens is 394 g/mol. The zero-order chi connectivity index (χ0) is 20.8. The average molecular weight is 420 g/mol. The Balaban J connectivity index is 1.32. The number of aliphatic hydroxyl groups is 1. The highest BCUT2D eigenvalue weighted by Crippen LogP contribution is 2.29. The van der Waals surface area contributed by atoms with Crippen molar-refractivity contribution in [3.05, 3.63) is 89.3 Å². The van der Waals surface area contributed by atoms with Crippen LogP contribution in [0.3, 0.4) is 0 Å². The van der Waals surface area contributed by atoms with Crippen molar-refractivity contribution in [3.63, 3.8) is 0 Å². The van der Waals surface area contributed by atoms with Crippen molar-refractivity contribution < 1.29 is 5.11 Å². The highest BCUT2D eigenvalue weighted by molar-refractivity contribution is 7.19. The van der Waals surface area contributed by atoms with E-state index in [2.05, 4.69) is 49.4 Å². The molecule has 2 aromatic heterocycles. The fourth-order valence-electron chi connectivity index (χ4n) is 3.28. The highest BCUT2D eigenvalue weighted by Gasteiger charge is 2.12. The fraction of sp³-hybridized carbons (Fsp3) is 0.217. The van der Waals surface area contributed by atoms with Gasteiger partial charge in [-0.15, -0.1) is 11.3 Å². The number of fused-ring (bicyclic) bond motifs is 1. The Bertz CT molecular complexity index is 1090. The Morgan fingerprint density at radius 1 is 1.13 bits per heavy atom. The number of hydrogen-bond donors (Lipinski definition) is 3. The molecule has 2 aromatic carbocycles.